The van der Waals surface area contributed by atoms with Crippen LogP contribution in [0.2, 0.25) is 0 Å². The van der Waals surface area contributed by atoms with E-state index in [0.717, 1.165) is 6.61 Å². The number of epoxide rings is 1. The number of hydrogen-bond acceptors (Lipinski definition) is 2. The summed E-state index contributed by atoms with van der Waals surface area (Å²) in [5.74, 6) is 0. The van der Waals surface area contributed by atoms with Crippen LogP contribution in [-0.4, -0.2) is 18.8 Å². The summed E-state index contributed by atoms with van der Waals surface area (Å²) >= 11 is 0. The van der Waals surface area contributed by atoms with E-state index in [9.17, 15) is 0 Å². The van der Waals surface area contributed by atoms with Gasteiger partial charge in [-0.2, -0.15) is 0 Å². The highest BCUT2D eigenvalue weighted by molar-refractivity contribution is 5.14. The van der Waals surface area contributed by atoms with Crippen LogP contribution in [0.5, 0.6) is 0 Å². The van der Waals surface area contributed by atoms with Crippen LogP contribution in [0.3, 0.4) is 0 Å². The molecule has 15 heavy (non-hydrogen) atoms. The highest BCUT2D eigenvalue weighted by Gasteiger charge is 2.42. The van der Waals surface area contributed by atoms with Crippen LogP contribution in [-0.2, 0) is 16.1 Å². The molecule has 0 radical (unpaired) electrons. The number of rotatable bonds is 5. The molecular formula is C13H16O2. The lowest BCUT2D eigenvalue weighted by Gasteiger charge is -2.07. The first-order valence-corrected chi connectivity index (χ1v) is 5.24. The molecule has 1 atom stereocenters. The molecule has 0 bridgehead atoms. The molecule has 1 aromatic rings. The third-order valence-electron chi connectivity index (χ3n) is 2.44. The van der Waals surface area contributed by atoms with E-state index < -0.39 is 0 Å². The molecule has 1 aliphatic heterocycles. The second-order valence-electron chi connectivity index (χ2n) is 3.83. The van der Waals surface area contributed by atoms with Crippen molar-refractivity contribution in [3.05, 3.63) is 48.0 Å². The Morgan fingerprint density at radius 2 is 2.13 bits per heavy atom. The summed E-state index contributed by atoms with van der Waals surface area (Å²) in [6.07, 6.45) is 4.08. The maximum Gasteiger partial charge on any atom is 0.133 e. The molecule has 1 fully saturated rings. The molecular weight excluding hydrogens is 188 g/mol. The molecule has 80 valence electrons. The van der Waals surface area contributed by atoms with Crippen molar-refractivity contribution in [2.75, 3.05) is 13.2 Å². The van der Waals surface area contributed by atoms with E-state index in [-0.39, 0.29) is 5.60 Å². The molecule has 0 saturated carbocycles. The molecule has 0 aliphatic carbocycles. The van der Waals surface area contributed by atoms with Crippen molar-refractivity contribution < 1.29 is 9.47 Å². The fourth-order valence-corrected chi connectivity index (χ4v) is 1.54. The smallest absolute Gasteiger partial charge is 0.133 e. The lowest BCUT2D eigenvalue weighted by atomic mass is 10.1. The fraction of sp³-hybridized carbons (Fsp3) is 0.385. The average Bonchev–Trinajstić information content (AvgIpc) is 3.00. The summed E-state index contributed by atoms with van der Waals surface area (Å²) in [4.78, 5) is 0. The van der Waals surface area contributed by atoms with Crippen LogP contribution < -0.4 is 0 Å². The first-order valence-electron chi connectivity index (χ1n) is 5.24. The second-order valence-corrected chi connectivity index (χ2v) is 3.83. The van der Waals surface area contributed by atoms with Gasteiger partial charge >= 0.3 is 0 Å². The first kappa shape index (κ1) is 10.4. The molecule has 0 N–H and O–H groups in total. The van der Waals surface area contributed by atoms with Gasteiger partial charge in [0.25, 0.3) is 0 Å². The quantitative estimate of drug-likeness (QED) is 0.543. The largest absolute Gasteiger partial charge is 0.373 e. The summed E-state index contributed by atoms with van der Waals surface area (Å²) in [6.45, 7) is 4.09. The Hall–Kier alpha value is -1.12. The molecule has 0 amide bonds. The van der Waals surface area contributed by atoms with Gasteiger partial charge in [-0.1, -0.05) is 42.5 Å². The maximum atomic E-state index is 5.62. The van der Waals surface area contributed by atoms with Crippen molar-refractivity contribution in [2.45, 2.75) is 19.1 Å². The minimum atomic E-state index is -0.121. The average molecular weight is 204 g/mol. The van der Waals surface area contributed by atoms with Crippen molar-refractivity contribution in [2.24, 2.45) is 0 Å². The van der Waals surface area contributed by atoms with E-state index in [4.69, 9.17) is 9.47 Å². The minimum Gasteiger partial charge on any atom is -0.373 e. The lowest BCUT2D eigenvalue weighted by Crippen LogP contribution is -2.16. The van der Waals surface area contributed by atoms with Crippen LogP contribution in [0, 0.1) is 0 Å². The maximum absolute atomic E-state index is 5.62. The van der Waals surface area contributed by atoms with Gasteiger partial charge in [-0.05, 0) is 12.5 Å². The first-order chi connectivity index (χ1) is 7.35. The molecule has 1 aliphatic rings. The van der Waals surface area contributed by atoms with Gasteiger partial charge in [-0.25, -0.2) is 0 Å². The Labute approximate surface area is 90.5 Å². The van der Waals surface area contributed by atoms with Gasteiger partial charge in [0, 0.05) is 0 Å². The van der Waals surface area contributed by atoms with Gasteiger partial charge in [-0.15, -0.1) is 0 Å². The van der Waals surface area contributed by atoms with Gasteiger partial charge in [0.05, 0.1) is 19.8 Å². The van der Waals surface area contributed by atoms with E-state index >= 15 is 0 Å². The van der Waals surface area contributed by atoms with Crippen molar-refractivity contribution in [3.63, 3.8) is 0 Å². The van der Waals surface area contributed by atoms with E-state index in [0.29, 0.717) is 13.2 Å². The monoisotopic (exact) mass is 204 g/mol. The predicted octanol–water partition coefficient (Wildman–Crippen LogP) is 2.55. The summed E-state index contributed by atoms with van der Waals surface area (Å²) in [7, 11) is 0. The minimum absolute atomic E-state index is 0.121. The zero-order valence-electron chi connectivity index (χ0n) is 8.98. The second kappa shape index (κ2) is 4.60. The number of allylic oxidation sites excluding steroid dienone is 1. The predicted molar refractivity (Wildman–Crippen MR) is 59.6 cm³/mol. The highest BCUT2D eigenvalue weighted by atomic mass is 16.6. The SMILES string of the molecule is C/C=C/C1(COCc2ccccc2)CO1. The Balaban J connectivity index is 1.76. The van der Waals surface area contributed by atoms with Gasteiger partial charge < -0.3 is 9.47 Å². The summed E-state index contributed by atoms with van der Waals surface area (Å²) in [5, 5.41) is 0. The van der Waals surface area contributed by atoms with Gasteiger partial charge in [0.2, 0.25) is 0 Å². The summed E-state index contributed by atoms with van der Waals surface area (Å²) in [5.41, 5.74) is 1.08. The zero-order chi connectivity index (χ0) is 10.6. The molecule has 1 unspecified atom stereocenters. The van der Waals surface area contributed by atoms with Crippen molar-refractivity contribution in [3.8, 4) is 0 Å². The van der Waals surface area contributed by atoms with Gasteiger partial charge in [-0.3, -0.25) is 0 Å². The van der Waals surface area contributed by atoms with E-state index in [1.165, 1.54) is 5.56 Å². The third-order valence-corrected chi connectivity index (χ3v) is 2.44. The van der Waals surface area contributed by atoms with E-state index in [2.05, 4.69) is 18.2 Å². The summed E-state index contributed by atoms with van der Waals surface area (Å²) < 4.78 is 11.0. The lowest BCUT2D eigenvalue weighted by molar-refractivity contribution is 0.0834. The number of ether oxygens (including phenoxy) is 2. The number of hydrogen-bond donors (Lipinski definition) is 0. The Bertz CT molecular complexity index is 326. The van der Waals surface area contributed by atoms with Crippen molar-refractivity contribution in [1.82, 2.24) is 0 Å². The fourth-order valence-electron chi connectivity index (χ4n) is 1.54. The molecule has 2 nitrogen and oxygen atoms in total. The standard InChI is InChI=1S/C13H16O2/c1-2-8-13(11-15-13)10-14-9-12-6-4-3-5-7-12/h2-8H,9-11H2,1H3/b8-2+. The van der Waals surface area contributed by atoms with E-state index in [1.54, 1.807) is 0 Å². The molecule has 1 heterocycles. The normalized spacial score (nSPS) is 24.6. The molecule has 0 aromatic heterocycles. The summed E-state index contributed by atoms with van der Waals surface area (Å²) in [6, 6.07) is 10.2. The van der Waals surface area contributed by atoms with Gasteiger partial charge in [0.15, 0.2) is 0 Å². The van der Waals surface area contributed by atoms with Crippen molar-refractivity contribution in [1.29, 1.82) is 0 Å². The third kappa shape index (κ3) is 2.91. The van der Waals surface area contributed by atoms with Crippen LogP contribution in [0.15, 0.2) is 42.5 Å². The molecule has 2 rings (SSSR count). The highest BCUT2D eigenvalue weighted by Crippen LogP contribution is 2.29. The molecule has 1 aromatic carbocycles. The number of benzene rings is 1. The van der Waals surface area contributed by atoms with Crippen LogP contribution in [0.25, 0.3) is 0 Å². The Morgan fingerprint density at radius 3 is 2.73 bits per heavy atom. The molecule has 0 spiro atoms. The van der Waals surface area contributed by atoms with Gasteiger partial charge in [0.1, 0.15) is 5.60 Å². The van der Waals surface area contributed by atoms with Crippen molar-refractivity contribution >= 4 is 0 Å². The van der Waals surface area contributed by atoms with E-state index in [1.807, 2.05) is 31.2 Å². The molecule has 2 heteroatoms. The Morgan fingerprint density at radius 1 is 1.40 bits per heavy atom. The molecule has 1 saturated heterocycles. The Kier molecular flexibility index (Phi) is 3.19. The van der Waals surface area contributed by atoms with Crippen LogP contribution in [0.4, 0.5) is 0 Å². The zero-order valence-corrected chi connectivity index (χ0v) is 8.98. The van der Waals surface area contributed by atoms with Crippen LogP contribution >= 0.6 is 0 Å². The van der Waals surface area contributed by atoms with Crippen LogP contribution in [0.1, 0.15) is 12.5 Å². The topological polar surface area (TPSA) is 21.8 Å².